The lowest BCUT2D eigenvalue weighted by molar-refractivity contribution is 0.508. The molecule has 1 aromatic rings. The fourth-order valence-electron chi connectivity index (χ4n) is 1.05. The van der Waals surface area contributed by atoms with Crippen LogP contribution in [0.15, 0.2) is 29.5 Å². The van der Waals surface area contributed by atoms with Gasteiger partial charge in [-0.2, -0.15) is 10.5 Å². The quantitative estimate of drug-likeness (QED) is 0.629. The highest BCUT2D eigenvalue weighted by Crippen LogP contribution is 2.17. The summed E-state index contributed by atoms with van der Waals surface area (Å²) in [6, 6.07) is 3.68. The van der Waals surface area contributed by atoms with Crippen LogP contribution >= 0.6 is 0 Å². The zero-order valence-electron chi connectivity index (χ0n) is 6.54. The molecule has 1 heterocycles. The van der Waals surface area contributed by atoms with Crippen molar-refractivity contribution in [3.05, 3.63) is 41.6 Å². The van der Waals surface area contributed by atoms with Gasteiger partial charge in [0, 0.05) is 5.57 Å². The lowest BCUT2D eigenvalue weighted by atomic mass is 10.1. The van der Waals surface area contributed by atoms with Crippen molar-refractivity contribution in [3.63, 3.8) is 0 Å². The Balaban J connectivity index is 2.42. The van der Waals surface area contributed by atoms with Crippen molar-refractivity contribution in [1.29, 1.82) is 0 Å². The maximum absolute atomic E-state index is 12.8. The van der Waals surface area contributed by atoms with Crippen molar-refractivity contribution >= 4 is 11.8 Å². The van der Waals surface area contributed by atoms with Crippen LogP contribution in [-0.2, 0) is 0 Å². The summed E-state index contributed by atoms with van der Waals surface area (Å²) >= 11 is 0. The monoisotopic (exact) mass is 179 g/mol. The maximum atomic E-state index is 12.8. The Morgan fingerprint density at radius 2 is 1.92 bits per heavy atom. The summed E-state index contributed by atoms with van der Waals surface area (Å²) in [6.07, 6.45) is 2.99. The van der Waals surface area contributed by atoms with E-state index in [-0.39, 0.29) is 0 Å². The van der Waals surface area contributed by atoms with Gasteiger partial charge < -0.3 is 0 Å². The van der Waals surface area contributed by atoms with E-state index in [9.17, 15) is 8.78 Å². The predicted molar refractivity (Wildman–Crippen MR) is 45.0 cm³/mol. The molecule has 65 valence electrons. The van der Waals surface area contributed by atoms with E-state index >= 15 is 0 Å². The molecule has 0 aliphatic carbocycles. The fourth-order valence-corrected chi connectivity index (χ4v) is 1.05. The first-order chi connectivity index (χ1) is 6.27. The zero-order chi connectivity index (χ0) is 9.26. The molecule has 0 N–H and O–H groups in total. The zero-order valence-corrected chi connectivity index (χ0v) is 6.54. The first kappa shape index (κ1) is 7.91. The summed E-state index contributed by atoms with van der Waals surface area (Å²) in [4.78, 5) is 0. The number of rotatable bonds is 1. The Bertz CT molecular complexity index is 397. The molecule has 1 radical (unpaired) electrons. The minimum Gasteiger partial charge on any atom is -0.204 e. The van der Waals surface area contributed by atoms with Crippen LogP contribution in [0.3, 0.4) is 0 Å². The third-order valence-electron chi connectivity index (χ3n) is 1.71. The highest BCUT2D eigenvalue weighted by atomic mass is 19.2. The SMILES string of the molecule is Fc1ccc(C2=C[N]N=C2)cc1F. The van der Waals surface area contributed by atoms with Gasteiger partial charge in [-0.15, -0.1) is 0 Å². The number of allylic oxidation sites excluding steroid dienone is 1. The second-order valence-corrected chi connectivity index (χ2v) is 2.57. The second-order valence-electron chi connectivity index (χ2n) is 2.57. The molecule has 2 nitrogen and oxygen atoms in total. The average Bonchev–Trinajstić information content (AvgIpc) is 2.62. The van der Waals surface area contributed by atoms with Crippen molar-refractivity contribution in [2.45, 2.75) is 0 Å². The Morgan fingerprint density at radius 1 is 1.08 bits per heavy atom. The number of hydrogen-bond donors (Lipinski definition) is 0. The number of benzene rings is 1. The highest BCUT2D eigenvalue weighted by Gasteiger charge is 2.07. The van der Waals surface area contributed by atoms with Gasteiger partial charge in [0.2, 0.25) is 0 Å². The highest BCUT2D eigenvalue weighted by molar-refractivity contribution is 6.10. The topological polar surface area (TPSA) is 26.5 Å². The summed E-state index contributed by atoms with van der Waals surface area (Å²) in [7, 11) is 0. The van der Waals surface area contributed by atoms with Crippen molar-refractivity contribution in [3.8, 4) is 0 Å². The van der Waals surface area contributed by atoms with E-state index in [0.717, 1.165) is 12.1 Å². The first-order valence-corrected chi connectivity index (χ1v) is 3.66. The van der Waals surface area contributed by atoms with Crippen LogP contribution in [0.2, 0.25) is 0 Å². The lowest BCUT2D eigenvalue weighted by Gasteiger charge is -1.98. The van der Waals surface area contributed by atoms with Gasteiger partial charge in [0.1, 0.15) is 0 Å². The molecular formula is C9H5F2N2. The van der Waals surface area contributed by atoms with Crippen molar-refractivity contribution < 1.29 is 8.78 Å². The van der Waals surface area contributed by atoms with E-state index in [1.165, 1.54) is 18.5 Å². The van der Waals surface area contributed by atoms with Crippen LogP contribution in [0.25, 0.3) is 5.57 Å². The van der Waals surface area contributed by atoms with Crippen molar-refractivity contribution in [2.24, 2.45) is 5.10 Å². The minimum atomic E-state index is -0.862. The first-order valence-electron chi connectivity index (χ1n) is 3.66. The van der Waals surface area contributed by atoms with Gasteiger partial charge in [-0.1, -0.05) is 6.07 Å². The van der Waals surface area contributed by atoms with Gasteiger partial charge in [-0.3, -0.25) is 0 Å². The predicted octanol–water partition coefficient (Wildman–Crippen LogP) is 1.91. The second kappa shape index (κ2) is 2.97. The van der Waals surface area contributed by atoms with Crippen LogP contribution in [0.1, 0.15) is 5.56 Å². The molecule has 0 spiro atoms. The molecule has 1 aliphatic heterocycles. The van der Waals surface area contributed by atoms with Crippen molar-refractivity contribution in [1.82, 2.24) is 5.43 Å². The molecule has 0 unspecified atom stereocenters. The molecule has 0 saturated carbocycles. The summed E-state index contributed by atoms with van der Waals surface area (Å²) in [5, 5.41) is 3.58. The van der Waals surface area contributed by atoms with Gasteiger partial charge in [-0.25, -0.2) is 8.78 Å². The Hall–Kier alpha value is -1.71. The van der Waals surface area contributed by atoms with Gasteiger partial charge >= 0.3 is 0 Å². The van der Waals surface area contributed by atoms with Gasteiger partial charge in [0.25, 0.3) is 0 Å². The van der Waals surface area contributed by atoms with E-state index in [4.69, 9.17) is 0 Å². The van der Waals surface area contributed by atoms with E-state index < -0.39 is 11.6 Å². The van der Waals surface area contributed by atoms with Crippen molar-refractivity contribution in [2.75, 3.05) is 0 Å². The number of halogens is 2. The Labute approximate surface area is 73.6 Å². The lowest BCUT2D eigenvalue weighted by Crippen LogP contribution is -1.88. The Morgan fingerprint density at radius 3 is 2.54 bits per heavy atom. The standard InChI is InChI=1S/C9H5F2N2/c10-8-2-1-6(3-9(8)11)7-4-12-13-5-7/h1-5H. The molecule has 0 fully saturated rings. The number of hydrogen-bond acceptors (Lipinski definition) is 1. The average molecular weight is 179 g/mol. The summed E-state index contributed by atoms with van der Waals surface area (Å²) in [5.74, 6) is -1.71. The number of nitrogens with zero attached hydrogens (tertiary/aromatic N) is 2. The molecule has 4 heteroatoms. The van der Waals surface area contributed by atoms with Crippen LogP contribution in [0, 0.1) is 11.6 Å². The van der Waals surface area contributed by atoms with E-state index in [1.807, 2.05) is 0 Å². The largest absolute Gasteiger partial charge is 0.204 e. The molecule has 0 saturated heterocycles. The molecule has 0 bridgehead atoms. The van der Waals surface area contributed by atoms with E-state index in [0.29, 0.717) is 11.1 Å². The molecule has 0 amide bonds. The van der Waals surface area contributed by atoms with Gasteiger partial charge in [0.15, 0.2) is 11.6 Å². The maximum Gasteiger partial charge on any atom is 0.159 e. The molecule has 0 aromatic heterocycles. The summed E-state index contributed by atoms with van der Waals surface area (Å²) in [6.45, 7) is 0. The third-order valence-corrected chi connectivity index (χ3v) is 1.71. The van der Waals surface area contributed by atoms with Crippen LogP contribution in [-0.4, -0.2) is 6.21 Å². The normalized spacial score (nSPS) is 14.2. The Kier molecular flexibility index (Phi) is 1.81. The van der Waals surface area contributed by atoms with Crippen LogP contribution in [0.5, 0.6) is 0 Å². The molecule has 13 heavy (non-hydrogen) atoms. The minimum absolute atomic E-state index is 0.573. The molecular weight excluding hydrogens is 174 g/mol. The summed E-state index contributed by atoms with van der Waals surface area (Å²) < 4.78 is 25.3. The van der Waals surface area contributed by atoms with Crippen LogP contribution < -0.4 is 5.43 Å². The summed E-state index contributed by atoms with van der Waals surface area (Å²) in [5.41, 5.74) is 4.84. The van der Waals surface area contributed by atoms with Gasteiger partial charge in [0.05, 0.1) is 12.4 Å². The van der Waals surface area contributed by atoms with Gasteiger partial charge in [-0.05, 0) is 17.7 Å². The molecule has 1 aliphatic rings. The smallest absolute Gasteiger partial charge is 0.159 e. The molecule has 0 atom stereocenters. The van der Waals surface area contributed by atoms with Crippen LogP contribution in [0.4, 0.5) is 8.78 Å². The molecule has 2 rings (SSSR count). The van der Waals surface area contributed by atoms with E-state index in [1.54, 1.807) is 0 Å². The third kappa shape index (κ3) is 1.42. The molecule has 1 aromatic carbocycles. The fraction of sp³-hybridized carbons (Fsp3) is 0. The van der Waals surface area contributed by atoms with E-state index in [2.05, 4.69) is 10.5 Å².